The van der Waals surface area contributed by atoms with Crippen LogP contribution in [0.5, 0.6) is 0 Å². The van der Waals surface area contributed by atoms with Gasteiger partial charge < -0.3 is 5.73 Å². The largest absolute Gasteiger partial charge is 0.398 e. The van der Waals surface area contributed by atoms with E-state index in [9.17, 15) is 4.39 Å². The number of rotatable bonds is 6. The number of benzene rings is 2. The molecule has 0 spiro atoms. The Morgan fingerprint density at radius 3 is 2.57 bits per heavy atom. The van der Waals surface area contributed by atoms with Crippen molar-refractivity contribution >= 4 is 17.3 Å². The first-order valence-corrected chi connectivity index (χ1v) is 7.47. The van der Waals surface area contributed by atoms with Gasteiger partial charge in [-0.05, 0) is 42.3 Å². The van der Waals surface area contributed by atoms with Gasteiger partial charge in [0.2, 0.25) is 0 Å². The van der Waals surface area contributed by atoms with Gasteiger partial charge in [0, 0.05) is 18.8 Å². The van der Waals surface area contributed by atoms with Crippen LogP contribution in [0.25, 0.3) is 0 Å². The van der Waals surface area contributed by atoms with Gasteiger partial charge in [-0.15, -0.1) is 0 Å². The molecule has 0 fully saturated rings. The van der Waals surface area contributed by atoms with Crippen LogP contribution in [-0.4, -0.2) is 11.4 Å². The Morgan fingerprint density at radius 1 is 1.14 bits per heavy atom. The number of nitrogens with zero attached hydrogens (tertiary/aromatic N) is 1. The molecule has 0 atom stereocenters. The molecule has 0 aliphatic rings. The first kappa shape index (κ1) is 15.8. The molecular formula is C17H20ClFN2. The van der Waals surface area contributed by atoms with Gasteiger partial charge in [-0.25, -0.2) is 4.39 Å². The maximum Gasteiger partial charge on any atom is 0.141 e. The molecular weight excluding hydrogens is 287 g/mol. The summed E-state index contributed by atoms with van der Waals surface area (Å²) < 4.78 is 13.2. The predicted molar refractivity (Wildman–Crippen MR) is 86.7 cm³/mol. The van der Waals surface area contributed by atoms with Crippen molar-refractivity contribution < 1.29 is 4.39 Å². The summed E-state index contributed by atoms with van der Waals surface area (Å²) in [5, 5.41) is 0.170. The highest BCUT2D eigenvalue weighted by Gasteiger charge is 2.09. The fraction of sp³-hybridized carbons (Fsp3) is 0.294. The first-order chi connectivity index (χ1) is 10.1. The molecule has 2 aromatic rings. The van der Waals surface area contributed by atoms with E-state index in [1.807, 2.05) is 24.3 Å². The molecule has 0 radical (unpaired) electrons. The molecule has 0 saturated carbocycles. The van der Waals surface area contributed by atoms with E-state index < -0.39 is 0 Å². The average molecular weight is 307 g/mol. The van der Waals surface area contributed by atoms with E-state index in [1.54, 1.807) is 12.1 Å². The highest BCUT2D eigenvalue weighted by molar-refractivity contribution is 6.30. The van der Waals surface area contributed by atoms with Gasteiger partial charge >= 0.3 is 0 Å². The van der Waals surface area contributed by atoms with E-state index >= 15 is 0 Å². The lowest BCUT2D eigenvalue weighted by molar-refractivity contribution is 0.257. The highest BCUT2D eigenvalue weighted by atomic mass is 35.5. The van der Waals surface area contributed by atoms with E-state index in [4.69, 9.17) is 17.3 Å². The van der Waals surface area contributed by atoms with Gasteiger partial charge in [-0.3, -0.25) is 4.90 Å². The molecule has 0 aromatic heterocycles. The molecule has 0 amide bonds. The van der Waals surface area contributed by atoms with Crippen molar-refractivity contribution in [2.75, 3.05) is 12.3 Å². The summed E-state index contributed by atoms with van der Waals surface area (Å²) in [5.74, 6) is -0.380. The second-order valence-electron chi connectivity index (χ2n) is 5.16. The molecule has 2 N–H and O–H groups in total. The zero-order valence-electron chi connectivity index (χ0n) is 12.2. The molecule has 4 heteroatoms. The quantitative estimate of drug-likeness (QED) is 0.798. The fourth-order valence-corrected chi connectivity index (χ4v) is 2.55. The Bertz CT molecular complexity index is 601. The van der Waals surface area contributed by atoms with Crippen molar-refractivity contribution in [1.82, 2.24) is 4.90 Å². The van der Waals surface area contributed by atoms with Crippen LogP contribution in [-0.2, 0) is 13.1 Å². The summed E-state index contributed by atoms with van der Waals surface area (Å²) in [6.07, 6.45) is 1.04. The SMILES string of the molecule is CCCN(Cc1ccc(F)c(Cl)c1)Cc1ccccc1N. The number of halogens is 2. The minimum absolute atomic E-state index is 0.170. The number of anilines is 1. The van der Waals surface area contributed by atoms with E-state index in [0.717, 1.165) is 42.9 Å². The molecule has 0 heterocycles. The average Bonchev–Trinajstić information content (AvgIpc) is 2.46. The Kier molecular flexibility index (Phi) is 5.59. The van der Waals surface area contributed by atoms with Crippen LogP contribution in [0.3, 0.4) is 0 Å². The lowest BCUT2D eigenvalue weighted by Gasteiger charge is -2.22. The summed E-state index contributed by atoms with van der Waals surface area (Å²) >= 11 is 5.85. The summed E-state index contributed by atoms with van der Waals surface area (Å²) in [4.78, 5) is 2.29. The summed E-state index contributed by atoms with van der Waals surface area (Å²) in [6.45, 7) is 4.58. The van der Waals surface area contributed by atoms with Crippen molar-refractivity contribution in [3.05, 3.63) is 64.4 Å². The maximum atomic E-state index is 13.2. The van der Waals surface area contributed by atoms with Crippen LogP contribution in [0.1, 0.15) is 24.5 Å². The molecule has 2 rings (SSSR count). The third kappa shape index (κ3) is 4.45. The second kappa shape index (κ2) is 7.43. The molecule has 0 aliphatic heterocycles. The molecule has 21 heavy (non-hydrogen) atoms. The highest BCUT2D eigenvalue weighted by Crippen LogP contribution is 2.19. The number of nitrogens with two attached hydrogens (primary N) is 1. The number of nitrogen functional groups attached to an aromatic ring is 1. The Hall–Kier alpha value is -1.58. The maximum absolute atomic E-state index is 13.2. The predicted octanol–water partition coefficient (Wildman–Crippen LogP) is 4.47. The monoisotopic (exact) mass is 306 g/mol. The van der Waals surface area contributed by atoms with Gasteiger partial charge in [0.15, 0.2) is 0 Å². The number of hydrogen-bond donors (Lipinski definition) is 1. The zero-order chi connectivity index (χ0) is 15.2. The van der Waals surface area contributed by atoms with Crippen LogP contribution >= 0.6 is 11.6 Å². The number of hydrogen-bond acceptors (Lipinski definition) is 2. The molecule has 0 unspecified atom stereocenters. The molecule has 0 aliphatic carbocycles. The zero-order valence-corrected chi connectivity index (χ0v) is 12.9. The van der Waals surface area contributed by atoms with Crippen molar-refractivity contribution in [3.8, 4) is 0 Å². The normalized spacial score (nSPS) is 11.0. The van der Waals surface area contributed by atoms with E-state index in [1.165, 1.54) is 6.07 Å². The Balaban J connectivity index is 2.11. The minimum atomic E-state index is -0.380. The topological polar surface area (TPSA) is 29.3 Å². The summed E-state index contributed by atoms with van der Waals surface area (Å²) in [5.41, 5.74) is 8.92. The van der Waals surface area contributed by atoms with Crippen molar-refractivity contribution in [1.29, 1.82) is 0 Å². The van der Waals surface area contributed by atoms with Gasteiger partial charge in [-0.1, -0.05) is 42.8 Å². The van der Waals surface area contributed by atoms with Gasteiger partial charge in [-0.2, -0.15) is 0 Å². The summed E-state index contributed by atoms with van der Waals surface area (Å²) in [7, 11) is 0. The molecule has 2 aromatic carbocycles. The van der Waals surface area contributed by atoms with E-state index in [2.05, 4.69) is 11.8 Å². The van der Waals surface area contributed by atoms with Crippen LogP contribution in [0.2, 0.25) is 5.02 Å². The van der Waals surface area contributed by atoms with Gasteiger partial charge in [0.1, 0.15) is 5.82 Å². The van der Waals surface area contributed by atoms with Crippen LogP contribution < -0.4 is 5.73 Å². The van der Waals surface area contributed by atoms with Crippen LogP contribution in [0.15, 0.2) is 42.5 Å². The van der Waals surface area contributed by atoms with E-state index in [0.29, 0.717) is 0 Å². The van der Waals surface area contributed by atoms with Crippen molar-refractivity contribution in [3.63, 3.8) is 0 Å². The summed E-state index contributed by atoms with van der Waals surface area (Å²) in [6, 6.07) is 12.8. The first-order valence-electron chi connectivity index (χ1n) is 7.09. The standard InChI is InChI=1S/C17H20ClFN2/c1-2-9-21(12-14-5-3-4-6-17(14)20)11-13-7-8-16(19)15(18)10-13/h3-8,10H,2,9,11-12,20H2,1H3. The molecule has 0 bridgehead atoms. The lowest BCUT2D eigenvalue weighted by Crippen LogP contribution is -2.24. The third-order valence-electron chi connectivity index (χ3n) is 3.38. The molecule has 2 nitrogen and oxygen atoms in total. The van der Waals surface area contributed by atoms with Gasteiger partial charge in [0.25, 0.3) is 0 Å². The Labute approximate surface area is 130 Å². The smallest absolute Gasteiger partial charge is 0.141 e. The van der Waals surface area contributed by atoms with E-state index in [-0.39, 0.29) is 10.8 Å². The molecule has 0 saturated heterocycles. The Morgan fingerprint density at radius 2 is 1.90 bits per heavy atom. The minimum Gasteiger partial charge on any atom is -0.398 e. The molecule has 112 valence electrons. The van der Waals surface area contributed by atoms with Crippen LogP contribution in [0, 0.1) is 5.82 Å². The third-order valence-corrected chi connectivity index (χ3v) is 3.67. The van der Waals surface area contributed by atoms with Gasteiger partial charge in [0.05, 0.1) is 5.02 Å². The van der Waals surface area contributed by atoms with Crippen LogP contribution in [0.4, 0.5) is 10.1 Å². The lowest BCUT2D eigenvalue weighted by atomic mass is 10.1. The van der Waals surface area contributed by atoms with Crippen molar-refractivity contribution in [2.45, 2.75) is 26.4 Å². The number of para-hydroxylation sites is 1. The van der Waals surface area contributed by atoms with Crippen molar-refractivity contribution in [2.24, 2.45) is 0 Å². The fourth-order valence-electron chi connectivity index (χ4n) is 2.35. The second-order valence-corrected chi connectivity index (χ2v) is 5.57.